The van der Waals surface area contributed by atoms with Crippen molar-refractivity contribution in [2.75, 3.05) is 11.5 Å². The molecule has 1 aromatic carbocycles. The topological polar surface area (TPSA) is 126 Å². The molecule has 0 saturated heterocycles. The number of carbonyl (C=O) groups is 1. The highest BCUT2D eigenvalue weighted by atomic mass is 32.2. The number of anilines is 1. The first-order valence-corrected chi connectivity index (χ1v) is 11.2. The van der Waals surface area contributed by atoms with E-state index in [0.29, 0.717) is 18.9 Å². The van der Waals surface area contributed by atoms with E-state index in [2.05, 4.69) is 31.0 Å². The van der Waals surface area contributed by atoms with Gasteiger partial charge in [0.05, 0.1) is 5.75 Å². The first-order valence-electron chi connectivity index (χ1n) is 10.2. The van der Waals surface area contributed by atoms with Crippen molar-refractivity contribution in [3.05, 3.63) is 56.2 Å². The Morgan fingerprint density at radius 2 is 1.81 bits per heavy atom. The number of carbonyl (C=O) groups excluding carboxylic acids is 1. The molecular formula is C22H27N5O4S. The van der Waals surface area contributed by atoms with Gasteiger partial charge in [-0.3, -0.25) is 18.7 Å². The largest absolute Gasteiger partial charge is 0.411 e. The maximum Gasteiger partial charge on any atom is 0.332 e. The molecule has 3 aromatic rings. The van der Waals surface area contributed by atoms with Crippen molar-refractivity contribution < 1.29 is 9.21 Å². The monoisotopic (exact) mass is 457 g/mol. The molecule has 0 unspecified atom stereocenters. The van der Waals surface area contributed by atoms with Crippen LogP contribution < -0.4 is 17.0 Å². The minimum absolute atomic E-state index is 0.0349. The summed E-state index contributed by atoms with van der Waals surface area (Å²) in [5, 5.41) is 8.22. The average Bonchev–Trinajstić information content (AvgIpc) is 3.22. The number of nitrogens with zero attached hydrogens (tertiary/aromatic N) is 4. The van der Waals surface area contributed by atoms with Gasteiger partial charge in [0.2, 0.25) is 5.89 Å². The average molecular weight is 458 g/mol. The number of nitrogen functional groups attached to an aromatic ring is 1. The number of ketones is 1. The van der Waals surface area contributed by atoms with E-state index in [1.54, 1.807) is 0 Å². The van der Waals surface area contributed by atoms with E-state index < -0.39 is 17.0 Å². The predicted octanol–water partition coefficient (Wildman–Crippen LogP) is 2.86. The zero-order chi connectivity index (χ0) is 23.6. The summed E-state index contributed by atoms with van der Waals surface area (Å²) >= 11 is 1.01. The minimum atomic E-state index is -0.712. The fraction of sp³-hybridized carbons (Fsp3) is 0.409. The van der Waals surface area contributed by atoms with E-state index in [4.69, 9.17) is 10.2 Å². The number of thioether (sulfide) groups is 1. The van der Waals surface area contributed by atoms with Crippen molar-refractivity contribution in [2.24, 2.45) is 7.05 Å². The van der Waals surface area contributed by atoms with E-state index in [0.717, 1.165) is 21.9 Å². The summed E-state index contributed by atoms with van der Waals surface area (Å²) in [6.07, 6.45) is 0.631. The molecule has 170 valence electrons. The van der Waals surface area contributed by atoms with Crippen molar-refractivity contribution >= 4 is 23.4 Å². The van der Waals surface area contributed by atoms with Crippen LogP contribution in [0.2, 0.25) is 0 Å². The van der Waals surface area contributed by atoms with Crippen LogP contribution in [0.5, 0.6) is 0 Å². The Bertz CT molecular complexity index is 1250. The Morgan fingerprint density at radius 1 is 1.16 bits per heavy atom. The molecule has 0 saturated carbocycles. The Kier molecular flexibility index (Phi) is 6.73. The second-order valence-electron chi connectivity index (χ2n) is 8.47. The summed E-state index contributed by atoms with van der Waals surface area (Å²) in [7, 11) is 1.33. The number of hydrogen-bond acceptors (Lipinski definition) is 8. The van der Waals surface area contributed by atoms with Crippen LogP contribution in [-0.4, -0.2) is 30.9 Å². The highest BCUT2D eigenvalue weighted by Crippen LogP contribution is 2.27. The highest BCUT2D eigenvalue weighted by Gasteiger charge is 2.22. The number of aromatic nitrogens is 4. The maximum absolute atomic E-state index is 12.8. The molecule has 0 atom stereocenters. The zero-order valence-corrected chi connectivity index (χ0v) is 19.7. The molecule has 0 radical (unpaired) electrons. The Labute approximate surface area is 189 Å². The third-order valence-corrected chi connectivity index (χ3v) is 5.86. The molecule has 0 amide bonds. The van der Waals surface area contributed by atoms with Gasteiger partial charge in [-0.05, 0) is 29.5 Å². The van der Waals surface area contributed by atoms with Crippen LogP contribution in [0.4, 0.5) is 5.82 Å². The van der Waals surface area contributed by atoms with Gasteiger partial charge in [-0.25, -0.2) is 4.79 Å². The van der Waals surface area contributed by atoms with Crippen LogP contribution in [-0.2, 0) is 19.0 Å². The number of rotatable bonds is 7. The second kappa shape index (κ2) is 9.15. The molecular weight excluding hydrogens is 430 g/mol. The second-order valence-corrected chi connectivity index (χ2v) is 9.40. The van der Waals surface area contributed by atoms with E-state index in [1.807, 2.05) is 31.2 Å². The fourth-order valence-electron chi connectivity index (χ4n) is 3.18. The maximum atomic E-state index is 12.8. The molecule has 0 aliphatic carbocycles. The van der Waals surface area contributed by atoms with Crippen molar-refractivity contribution in [1.82, 2.24) is 19.3 Å². The van der Waals surface area contributed by atoms with Crippen molar-refractivity contribution in [3.63, 3.8) is 0 Å². The Morgan fingerprint density at radius 3 is 2.41 bits per heavy atom. The van der Waals surface area contributed by atoms with Gasteiger partial charge in [0.25, 0.3) is 10.8 Å². The zero-order valence-electron chi connectivity index (χ0n) is 18.8. The van der Waals surface area contributed by atoms with Gasteiger partial charge in [0.1, 0.15) is 11.4 Å². The van der Waals surface area contributed by atoms with Gasteiger partial charge in [-0.15, -0.1) is 10.2 Å². The third kappa shape index (κ3) is 4.69. The van der Waals surface area contributed by atoms with Crippen LogP contribution >= 0.6 is 11.8 Å². The predicted molar refractivity (Wildman–Crippen MR) is 124 cm³/mol. The molecule has 2 aromatic heterocycles. The van der Waals surface area contributed by atoms with E-state index in [9.17, 15) is 14.4 Å². The standard InChI is InChI=1S/C22H27N5O4S/c1-6-11-27-17(23)16(19(29)26(5)21(27)30)15(28)12-32-20-25-24-18(31-20)13-7-9-14(10-8-13)22(2,3)4/h7-10H,6,11-12,23H2,1-5H3. The quantitative estimate of drug-likeness (QED) is 0.424. The molecule has 0 fully saturated rings. The molecule has 2 heterocycles. The molecule has 10 heteroatoms. The molecule has 0 aliphatic rings. The summed E-state index contributed by atoms with van der Waals surface area (Å²) in [4.78, 5) is 37.5. The van der Waals surface area contributed by atoms with Crippen LogP contribution in [0.15, 0.2) is 43.5 Å². The smallest absolute Gasteiger partial charge is 0.332 e. The summed E-state index contributed by atoms with van der Waals surface area (Å²) in [5.41, 5.74) is 6.53. The van der Waals surface area contributed by atoms with Crippen LogP contribution in [0, 0.1) is 0 Å². The number of benzene rings is 1. The number of nitrogens with two attached hydrogens (primary N) is 1. The number of Topliss-reactive ketones (excluding diaryl/α,β-unsaturated/α-hetero) is 1. The lowest BCUT2D eigenvalue weighted by molar-refractivity contribution is 0.102. The molecule has 0 spiro atoms. The SMILES string of the molecule is CCCn1c(N)c(C(=O)CSc2nnc(-c3ccc(C(C)(C)C)cc3)o2)c(=O)n(C)c1=O. The van der Waals surface area contributed by atoms with Gasteiger partial charge in [0.15, 0.2) is 5.78 Å². The summed E-state index contributed by atoms with van der Waals surface area (Å²) in [5.74, 6) is -0.413. The third-order valence-electron chi connectivity index (χ3n) is 5.04. The molecule has 0 bridgehead atoms. The van der Waals surface area contributed by atoms with Crippen LogP contribution in [0.1, 0.15) is 50.0 Å². The van der Waals surface area contributed by atoms with Gasteiger partial charge in [0, 0.05) is 19.2 Å². The van der Waals surface area contributed by atoms with Crippen molar-refractivity contribution in [3.8, 4) is 11.5 Å². The summed E-state index contributed by atoms with van der Waals surface area (Å²) in [6, 6.07) is 7.85. The summed E-state index contributed by atoms with van der Waals surface area (Å²) < 4.78 is 7.81. The van der Waals surface area contributed by atoms with Gasteiger partial charge in [-0.2, -0.15) is 0 Å². The molecule has 0 aliphatic heterocycles. The normalized spacial score (nSPS) is 11.7. The van der Waals surface area contributed by atoms with Gasteiger partial charge in [-0.1, -0.05) is 51.6 Å². The molecule has 3 rings (SSSR count). The molecule has 32 heavy (non-hydrogen) atoms. The van der Waals surface area contributed by atoms with Crippen LogP contribution in [0.25, 0.3) is 11.5 Å². The van der Waals surface area contributed by atoms with Crippen molar-refractivity contribution in [2.45, 2.75) is 51.3 Å². The lowest BCUT2D eigenvalue weighted by Crippen LogP contribution is -2.42. The van der Waals surface area contributed by atoms with Crippen molar-refractivity contribution in [1.29, 1.82) is 0 Å². The van der Waals surface area contributed by atoms with Gasteiger partial charge >= 0.3 is 5.69 Å². The first kappa shape index (κ1) is 23.5. The van der Waals surface area contributed by atoms with E-state index >= 15 is 0 Å². The fourth-order valence-corrected chi connectivity index (χ4v) is 3.82. The minimum Gasteiger partial charge on any atom is -0.411 e. The van der Waals surface area contributed by atoms with Crippen LogP contribution in [0.3, 0.4) is 0 Å². The summed E-state index contributed by atoms with van der Waals surface area (Å²) in [6.45, 7) is 8.59. The highest BCUT2D eigenvalue weighted by molar-refractivity contribution is 7.99. The first-order chi connectivity index (χ1) is 15.0. The van der Waals surface area contributed by atoms with Gasteiger partial charge < -0.3 is 10.2 Å². The van der Waals surface area contributed by atoms with E-state index in [-0.39, 0.29) is 27.8 Å². The Balaban J connectivity index is 1.78. The Hall–Kier alpha value is -3.14. The van der Waals surface area contributed by atoms with E-state index in [1.165, 1.54) is 17.2 Å². The molecule has 2 N–H and O–H groups in total. The lowest BCUT2D eigenvalue weighted by atomic mass is 9.87. The molecule has 9 nitrogen and oxygen atoms in total. The number of hydrogen-bond donors (Lipinski definition) is 1. The lowest BCUT2D eigenvalue weighted by Gasteiger charge is -2.18.